The number of ether oxygens (including phenoxy) is 1. The fourth-order valence-corrected chi connectivity index (χ4v) is 2.52. The van der Waals surface area contributed by atoms with Gasteiger partial charge in [0.25, 0.3) is 0 Å². The number of rotatable bonds is 4. The van der Waals surface area contributed by atoms with Gasteiger partial charge in [0.05, 0.1) is 11.6 Å². The van der Waals surface area contributed by atoms with Crippen molar-refractivity contribution in [3.8, 4) is 11.5 Å². The smallest absolute Gasteiger partial charge is 0.138 e. The maximum Gasteiger partial charge on any atom is 0.138 e. The normalized spacial score (nSPS) is 12.3. The van der Waals surface area contributed by atoms with Gasteiger partial charge in [0.15, 0.2) is 0 Å². The summed E-state index contributed by atoms with van der Waals surface area (Å²) in [6, 6.07) is 13.2. The third-order valence-electron chi connectivity index (χ3n) is 4.01. The molecule has 0 saturated heterocycles. The topological polar surface area (TPSA) is 29.5 Å². The Labute approximate surface area is 144 Å². The van der Waals surface area contributed by atoms with E-state index in [1.54, 1.807) is 12.1 Å². The van der Waals surface area contributed by atoms with E-state index >= 15 is 0 Å². The van der Waals surface area contributed by atoms with Gasteiger partial charge in [0.2, 0.25) is 0 Å². The molecule has 2 aromatic carbocycles. The summed E-state index contributed by atoms with van der Waals surface area (Å²) in [5, 5.41) is 10.3. The van der Waals surface area contributed by atoms with E-state index in [2.05, 4.69) is 34.6 Å². The Bertz CT molecular complexity index is 684. The predicted molar refractivity (Wildman–Crippen MR) is 96.8 cm³/mol. The van der Waals surface area contributed by atoms with Crippen molar-refractivity contribution in [2.24, 2.45) is 0 Å². The van der Waals surface area contributed by atoms with Crippen LogP contribution in [-0.4, -0.2) is 11.7 Å². The zero-order chi connectivity index (χ0) is 17.3. The zero-order valence-corrected chi connectivity index (χ0v) is 15.2. The minimum Gasteiger partial charge on any atom is -0.508 e. The quantitative estimate of drug-likeness (QED) is 0.778. The van der Waals surface area contributed by atoms with Gasteiger partial charge in [-0.3, -0.25) is 0 Å². The van der Waals surface area contributed by atoms with E-state index in [1.807, 2.05) is 30.3 Å². The van der Waals surface area contributed by atoms with Crippen molar-refractivity contribution in [2.75, 3.05) is 6.61 Å². The SMILES string of the molecule is CC(C)(C)c1ccc(Cl)c(OCC(C)(C)c2cccc(O)c2)c1. The van der Waals surface area contributed by atoms with Crippen LogP contribution in [0.1, 0.15) is 45.7 Å². The Balaban J connectivity index is 2.20. The van der Waals surface area contributed by atoms with Crippen LogP contribution in [0.15, 0.2) is 42.5 Å². The molecule has 0 amide bonds. The molecule has 124 valence electrons. The summed E-state index contributed by atoms with van der Waals surface area (Å²) in [6.07, 6.45) is 0. The lowest BCUT2D eigenvalue weighted by Crippen LogP contribution is -2.26. The number of hydrogen-bond donors (Lipinski definition) is 1. The molecule has 2 nitrogen and oxygen atoms in total. The second kappa shape index (κ2) is 6.45. The maximum atomic E-state index is 9.67. The molecular formula is C20H25ClO2. The molecule has 0 atom stereocenters. The first-order valence-corrected chi connectivity index (χ1v) is 8.20. The summed E-state index contributed by atoms with van der Waals surface area (Å²) in [5.74, 6) is 0.968. The standard InChI is InChI=1S/C20H25ClO2/c1-19(2,3)14-9-10-17(21)18(12-14)23-13-20(4,5)15-7-6-8-16(22)11-15/h6-12,22H,13H2,1-5H3. The lowest BCUT2D eigenvalue weighted by Gasteiger charge is -2.26. The molecule has 0 aliphatic heterocycles. The van der Waals surface area contributed by atoms with Crippen molar-refractivity contribution in [1.82, 2.24) is 0 Å². The average molecular weight is 333 g/mol. The zero-order valence-electron chi connectivity index (χ0n) is 14.5. The van der Waals surface area contributed by atoms with Gasteiger partial charge < -0.3 is 9.84 Å². The highest BCUT2D eigenvalue weighted by Gasteiger charge is 2.23. The van der Waals surface area contributed by atoms with Crippen LogP contribution < -0.4 is 4.74 Å². The maximum absolute atomic E-state index is 9.67. The molecule has 0 aliphatic carbocycles. The molecule has 23 heavy (non-hydrogen) atoms. The van der Waals surface area contributed by atoms with E-state index in [0.717, 1.165) is 5.56 Å². The van der Waals surface area contributed by atoms with E-state index in [1.165, 1.54) is 5.56 Å². The summed E-state index contributed by atoms with van der Waals surface area (Å²) in [4.78, 5) is 0. The number of halogens is 1. The van der Waals surface area contributed by atoms with E-state index in [9.17, 15) is 5.11 Å². The first-order valence-electron chi connectivity index (χ1n) is 7.82. The molecule has 0 fully saturated rings. The summed E-state index contributed by atoms with van der Waals surface area (Å²) in [7, 11) is 0. The van der Waals surface area contributed by atoms with E-state index in [4.69, 9.17) is 16.3 Å². The predicted octanol–water partition coefficient (Wildman–Crippen LogP) is 5.70. The van der Waals surface area contributed by atoms with Gasteiger partial charge in [0.1, 0.15) is 11.5 Å². The van der Waals surface area contributed by atoms with E-state index in [0.29, 0.717) is 17.4 Å². The number of aromatic hydroxyl groups is 1. The first-order chi connectivity index (χ1) is 10.6. The van der Waals surface area contributed by atoms with Gasteiger partial charge in [-0.25, -0.2) is 0 Å². The molecule has 0 aliphatic rings. The van der Waals surface area contributed by atoms with Gasteiger partial charge in [-0.15, -0.1) is 0 Å². The van der Waals surface area contributed by atoms with Gasteiger partial charge in [0, 0.05) is 5.41 Å². The molecule has 2 aromatic rings. The summed E-state index contributed by atoms with van der Waals surface area (Å²) < 4.78 is 6.02. The Morgan fingerprint density at radius 3 is 2.26 bits per heavy atom. The largest absolute Gasteiger partial charge is 0.508 e. The molecular weight excluding hydrogens is 308 g/mol. The number of hydrogen-bond acceptors (Lipinski definition) is 2. The fourth-order valence-electron chi connectivity index (χ4n) is 2.35. The first kappa shape index (κ1) is 17.7. The Morgan fingerprint density at radius 2 is 1.65 bits per heavy atom. The number of benzene rings is 2. The van der Waals surface area contributed by atoms with E-state index in [-0.39, 0.29) is 16.6 Å². The second-order valence-corrected chi connectivity index (χ2v) is 8.03. The van der Waals surface area contributed by atoms with Crippen LogP contribution in [0, 0.1) is 0 Å². The molecule has 0 bridgehead atoms. The molecule has 0 radical (unpaired) electrons. The van der Waals surface area contributed by atoms with Crippen LogP contribution in [0.4, 0.5) is 0 Å². The summed E-state index contributed by atoms with van der Waals surface area (Å²) in [5.41, 5.74) is 2.02. The van der Waals surface area contributed by atoms with Crippen molar-refractivity contribution in [3.05, 3.63) is 58.6 Å². The van der Waals surface area contributed by atoms with Crippen molar-refractivity contribution in [2.45, 2.75) is 45.4 Å². The Hall–Kier alpha value is -1.67. The van der Waals surface area contributed by atoms with Crippen LogP contribution in [-0.2, 0) is 10.8 Å². The molecule has 0 spiro atoms. The lowest BCUT2D eigenvalue weighted by molar-refractivity contribution is 0.240. The van der Waals surface area contributed by atoms with Gasteiger partial charge >= 0.3 is 0 Å². The molecule has 3 heteroatoms. The average Bonchev–Trinajstić information content (AvgIpc) is 2.45. The van der Waals surface area contributed by atoms with Crippen LogP contribution in [0.5, 0.6) is 11.5 Å². The van der Waals surface area contributed by atoms with Crippen LogP contribution in [0.25, 0.3) is 0 Å². The Morgan fingerprint density at radius 1 is 0.957 bits per heavy atom. The summed E-state index contributed by atoms with van der Waals surface area (Å²) >= 11 is 6.28. The van der Waals surface area contributed by atoms with Gasteiger partial charge in [-0.1, -0.05) is 64.4 Å². The minimum atomic E-state index is -0.236. The number of phenolic OH excluding ortho intramolecular Hbond substituents is 1. The second-order valence-electron chi connectivity index (χ2n) is 7.62. The van der Waals surface area contributed by atoms with Crippen LogP contribution >= 0.6 is 11.6 Å². The highest BCUT2D eigenvalue weighted by molar-refractivity contribution is 6.32. The molecule has 1 N–H and O–H groups in total. The molecule has 0 saturated carbocycles. The van der Waals surface area contributed by atoms with Gasteiger partial charge in [-0.05, 0) is 40.8 Å². The number of phenols is 1. The highest BCUT2D eigenvalue weighted by atomic mass is 35.5. The summed E-state index contributed by atoms with van der Waals surface area (Å²) in [6.45, 7) is 11.1. The molecule has 0 heterocycles. The van der Waals surface area contributed by atoms with Crippen LogP contribution in [0.3, 0.4) is 0 Å². The molecule has 0 unspecified atom stereocenters. The minimum absolute atomic E-state index is 0.0451. The third-order valence-corrected chi connectivity index (χ3v) is 4.33. The van der Waals surface area contributed by atoms with Crippen molar-refractivity contribution >= 4 is 11.6 Å². The molecule has 0 aromatic heterocycles. The van der Waals surface area contributed by atoms with Gasteiger partial charge in [-0.2, -0.15) is 0 Å². The lowest BCUT2D eigenvalue weighted by atomic mass is 9.85. The monoisotopic (exact) mass is 332 g/mol. The van der Waals surface area contributed by atoms with Crippen molar-refractivity contribution in [3.63, 3.8) is 0 Å². The molecule has 2 rings (SSSR count). The fraction of sp³-hybridized carbons (Fsp3) is 0.400. The van der Waals surface area contributed by atoms with Crippen molar-refractivity contribution < 1.29 is 9.84 Å². The van der Waals surface area contributed by atoms with E-state index < -0.39 is 0 Å². The Kier molecular flexibility index (Phi) is 4.95. The van der Waals surface area contributed by atoms with Crippen LogP contribution in [0.2, 0.25) is 5.02 Å². The third kappa shape index (κ3) is 4.42. The highest BCUT2D eigenvalue weighted by Crippen LogP contribution is 2.33. The van der Waals surface area contributed by atoms with Crippen molar-refractivity contribution in [1.29, 1.82) is 0 Å².